The van der Waals surface area contributed by atoms with Gasteiger partial charge in [0.2, 0.25) is 0 Å². The van der Waals surface area contributed by atoms with E-state index < -0.39 is 0 Å². The first-order chi connectivity index (χ1) is 45.6. The Labute approximate surface area is 529 Å². The maximum absolute atomic E-state index is 5.97. The zero-order chi connectivity index (χ0) is 60.4. The molecule has 0 aliphatic carbocycles. The molecule has 428 valence electrons. The number of rotatable bonds is 9. The van der Waals surface area contributed by atoms with Crippen molar-refractivity contribution < 1.29 is 0 Å². The van der Waals surface area contributed by atoms with Crippen LogP contribution in [0, 0.1) is 0 Å². The summed E-state index contributed by atoms with van der Waals surface area (Å²) in [5.74, 6) is 0.750. The first-order valence-electron chi connectivity index (χ1n) is 31.5. The number of hydrogen-bond acceptors (Lipinski definition) is 2. The Hall–Kier alpha value is -12.4. The second-order valence-corrected chi connectivity index (χ2v) is 24.0. The molecule has 0 amide bonds. The molecule has 6 heteroatoms. The van der Waals surface area contributed by atoms with Gasteiger partial charge in [0.1, 0.15) is 5.69 Å². The molecular formula is C86H54N6. The summed E-state index contributed by atoms with van der Waals surface area (Å²) in [6, 6.07) is 119. The Balaban J connectivity index is 0.813. The van der Waals surface area contributed by atoms with Crippen molar-refractivity contribution in [3.8, 4) is 78.6 Å². The predicted octanol–water partition coefficient (Wildman–Crippen LogP) is 22.4. The molecule has 0 N–H and O–H groups in total. The second kappa shape index (κ2) is 20.6. The number of nitrogens with zero attached hydrogens (tertiary/aromatic N) is 6. The van der Waals surface area contributed by atoms with E-state index in [0.717, 1.165) is 117 Å². The quantitative estimate of drug-likeness (QED) is 0.145. The zero-order valence-corrected chi connectivity index (χ0v) is 49.9. The molecule has 0 spiro atoms. The van der Waals surface area contributed by atoms with Gasteiger partial charge in [-0.15, -0.1) is 0 Å². The summed E-state index contributed by atoms with van der Waals surface area (Å²) >= 11 is 0. The van der Waals surface area contributed by atoms with Gasteiger partial charge in [0.05, 0.1) is 55.2 Å². The van der Waals surface area contributed by atoms with Crippen LogP contribution >= 0.6 is 0 Å². The van der Waals surface area contributed by atoms with Gasteiger partial charge in [-0.2, -0.15) is 0 Å². The highest BCUT2D eigenvalue weighted by molar-refractivity contribution is 6.15. The smallest absolute Gasteiger partial charge is 0.165 e. The van der Waals surface area contributed by atoms with Gasteiger partial charge in [-0.05, 0) is 160 Å². The van der Waals surface area contributed by atoms with Crippen molar-refractivity contribution in [2.45, 2.75) is 0 Å². The summed E-state index contributed by atoms with van der Waals surface area (Å²) in [6.07, 6.45) is 0. The lowest BCUT2D eigenvalue weighted by molar-refractivity contribution is 1.08. The van der Waals surface area contributed by atoms with E-state index in [1.54, 1.807) is 0 Å². The molecule has 14 aromatic carbocycles. The average Bonchev–Trinajstić information content (AvgIpc) is 1.48. The third-order valence-electron chi connectivity index (χ3n) is 19.0. The summed E-state index contributed by atoms with van der Waals surface area (Å²) in [4.78, 5) is 11.9. The monoisotopic (exact) mass is 1170 g/mol. The van der Waals surface area contributed by atoms with Crippen LogP contribution in [0.2, 0.25) is 0 Å². The maximum atomic E-state index is 5.97. The number of para-hydroxylation sites is 6. The van der Waals surface area contributed by atoms with Crippen molar-refractivity contribution in [2.24, 2.45) is 0 Å². The highest BCUT2D eigenvalue weighted by Crippen LogP contribution is 2.46. The number of hydrogen-bond donors (Lipinski definition) is 0. The van der Waals surface area contributed by atoms with Crippen molar-refractivity contribution in [3.05, 3.63) is 328 Å². The Morgan fingerprint density at radius 3 is 0.946 bits per heavy atom. The van der Waals surface area contributed by atoms with Crippen LogP contribution in [0.3, 0.4) is 0 Å². The van der Waals surface area contributed by atoms with Gasteiger partial charge >= 0.3 is 0 Å². The lowest BCUT2D eigenvalue weighted by Gasteiger charge is -2.20. The van der Waals surface area contributed by atoms with Gasteiger partial charge < -0.3 is 13.7 Å². The number of aromatic nitrogens is 6. The SMILES string of the molecule is c1ccc(-c2cccc(-c3ccccc3)c2-c2nc3ccc(-n4c5ccccc5c5cc(-c6ccc7c(c6)c6ccccc6n7-c6ccccc6)ccc54)cc3nc2-n2c3ccccc3c3cc(-c4ccc5c(c4)c4ccccc4n5-c4ccccc4)ccc32)cc1. The molecular weight excluding hydrogens is 1120 g/mol. The molecule has 0 unspecified atom stereocenters. The summed E-state index contributed by atoms with van der Waals surface area (Å²) < 4.78 is 9.52. The Morgan fingerprint density at radius 1 is 0.196 bits per heavy atom. The Morgan fingerprint density at radius 2 is 0.533 bits per heavy atom. The first-order valence-corrected chi connectivity index (χ1v) is 31.5. The van der Waals surface area contributed by atoms with Crippen LogP contribution in [-0.4, -0.2) is 28.2 Å². The fourth-order valence-electron chi connectivity index (χ4n) is 14.8. The van der Waals surface area contributed by atoms with Crippen LogP contribution in [0.5, 0.6) is 0 Å². The molecule has 0 aliphatic rings. The molecule has 19 aromatic rings. The second-order valence-electron chi connectivity index (χ2n) is 24.0. The Bertz CT molecular complexity index is 6110. The maximum Gasteiger partial charge on any atom is 0.165 e. The van der Waals surface area contributed by atoms with E-state index in [0.29, 0.717) is 0 Å². The van der Waals surface area contributed by atoms with Crippen molar-refractivity contribution in [1.82, 2.24) is 28.2 Å². The molecule has 92 heavy (non-hydrogen) atoms. The van der Waals surface area contributed by atoms with E-state index in [9.17, 15) is 0 Å². The fourth-order valence-corrected chi connectivity index (χ4v) is 14.8. The molecule has 0 radical (unpaired) electrons. The molecule has 19 rings (SSSR count). The molecule has 5 aromatic heterocycles. The molecule has 0 bridgehead atoms. The molecule has 6 nitrogen and oxygen atoms in total. The van der Waals surface area contributed by atoms with Gasteiger partial charge in [-0.1, -0.05) is 212 Å². The molecule has 0 aliphatic heterocycles. The van der Waals surface area contributed by atoms with Gasteiger partial charge in [0.25, 0.3) is 0 Å². The Kier molecular flexibility index (Phi) is 11.6. The van der Waals surface area contributed by atoms with Crippen LogP contribution in [0.25, 0.3) is 177 Å². The first kappa shape index (κ1) is 51.6. The van der Waals surface area contributed by atoms with Crippen LogP contribution in [0.4, 0.5) is 0 Å². The largest absolute Gasteiger partial charge is 0.309 e. The van der Waals surface area contributed by atoms with Crippen LogP contribution < -0.4 is 0 Å². The van der Waals surface area contributed by atoms with Gasteiger partial charge in [0, 0.05) is 65.7 Å². The lowest BCUT2D eigenvalue weighted by atomic mass is 9.89. The van der Waals surface area contributed by atoms with Crippen molar-refractivity contribution >= 4 is 98.3 Å². The average molecular weight is 1170 g/mol. The topological polar surface area (TPSA) is 45.5 Å². The van der Waals surface area contributed by atoms with Crippen molar-refractivity contribution in [1.29, 1.82) is 0 Å². The summed E-state index contributed by atoms with van der Waals surface area (Å²) in [5.41, 5.74) is 24.8. The minimum atomic E-state index is 0.750. The van der Waals surface area contributed by atoms with E-state index in [1.807, 2.05) is 0 Å². The standard InChI is InChI=1S/C86H54N6/c1-5-22-55(23-6-1)64-34-21-35-65(56-24-7-2-8-25-56)84(64)85-86(92-79-39-20-16-33-69(79)73-53-60(43-49-83(73)92)58-41-47-81-71(51-58)67-31-14-18-37-77(67)90(81)62-28-11-4-12-29-62)88-75-54-63(44-45-74(75)87-85)91-78-38-19-15-32-68(78)72-52-59(42-48-82(72)91)57-40-46-80-70(50-57)66-30-13-17-36-76(66)89(80)61-26-9-3-10-27-61/h1-54H. The van der Waals surface area contributed by atoms with Crippen LogP contribution in [-0.2, 0) is 0 Å². The zero-order valence-electron chi connectivity index (χ0n) is 49.9. The van der Waals surface area contributed by atoms with Crippen molar-refractivity contribution in [3.63, 3.8) is 0 Å². The summed E-state index contributed by atoms with van der Waals surface area (Å²) in [7, 11) is 0. The van der Waals surface area contributed by atoms with Gasteiger partial charge in [-0.25, -0.2) is 9.97 Å². The third-order valence-corrected chi connectivity index (χ3v) is 19.0. The molecule has 0 atom stereocenters. The lowest BCUT2D eigenvalue weighted by Crippen LogP contribution is -2.06. The van der Waals surface area contributed by atoms with E-state index in [1.165, 1.54) is 59.9 Å². The van der Waals surface area contributed by atoms with Crippen LogP contribution in [0.15, 0.2) is 328 Å². The van der Waals surface area contributed by atoms with E-state index in [-0.39, 0.29) is 0 Å². The predicted molar refractivity (Wildman–Crippen MR) is 384 cm³/mol. The highest BCUT2D eigenvalue weighted by Gasteiger charge is 2.26. The van der Waals surface area contributed by atoms with E-state index in [4.69, 9.17) is 9.97 Å². The van der Waals surface area contributed by atoms with E-state index >= 15 is 0 Å². The summed E-state index contributed by atoms with van der Waals surface area (Å²) in [5, 5.41) is 9.54. The molecule has 5 heterocycles. The third kappa shape index (κ3) is 8.00. The van der Waals surface area contributed by atoms with Crippen LogP contribution in [0.1, 0.15) is 0 Å². The van der Waals surface area contributed by atoms with E-state index in [2.05, 4.69) is 346 Å². The fraction of sp³-hybridized carbons (Fsp3) is 0. The van der Waals surface area contributed by atoms with Gasteiger partial charge in [0.15, 0.2) is 5.82 Å². The molecule has 0 saturated heterocycles. The van der Waals surface area contributed by atoms with Gasteiger partial charge in [-0.3, -0.25) is 4.57 Å². The normalized spacial score (nSPS) is 11.9. The van der Waals surface area contributed by atoms with Crippen molar-refractivity contribution in [2.75, 3.05) is 0 Å². The summed E-state index contributed by atoms with van der Waals surface area (Å²) in [6.45, 7) is 0. The number of fused-ring (bicyclic) bond motifs is 13. The minimum Gasteiger partial charge on any atom is -0.309 e. The molecule has 0 fully saturated rings. The minimum absolute atomic E-state index is 0.750. The molecule has 0 saturated carbocycles. The highest BCUT2D eigenvalue weighted by atomic mass is 15.1. The number of benzene rings is 14.